The molecule has 0 aliphatic carbocycles. The Kier molecular flexibility index (Phi) is 2.55. The van der Waals surface area contributed by atoms with E-state index >= 15 is 0 Å². The first-order valence-electron chi connectivity index (χ1n) is 4.28. The third kappa shape index (κ3) is 1.92. The van der Waals surface area contributed by atoms with E-state index in [2.05, 4.69) is 21.0 Å². The van der Waals surface area contributed by atoms with Crippen molar-refractivity contribution < 1.29 is 0 Å². The van der Waals surface area contributed by atoms with E-state index in [9.17, 15) is 4.79 Å². The summed E-state index contributed by atoms with van der Waals surface area (Å²) in [5.41, 5.74) is 6.27. The topological polar surface area (TPSA) is 60.9 Å². The molecule has 1 aromatic carbocycles. The minimum atomic E-state index is -0.248. The third-order valence-electron chi connectivity index (χ3n) is 1.90. The Morgan fingerprint density at radius 3 is 2.73 bits per heavy atom. The van der Waals surface area contributed by atoms with E-state index in [4.69, 9.17) is 5.73 Å². The summed E-state index contributed by atoms with van der Waals surface area (Å²) < 4.78 is 2.10. The Balaban J connectivity index is 2.65. The van der Waals surface area contributed by atoms with Crippen molar-refractivity contribution in [3.05, 3.63) is 51.4 Å². The van der Waals surface area contributed by atoms with Crippen LogP contribution in [0.15, 0.2) is 45.8 Å². The van der Waals surface area contributed by atoms with Gasteiger partial charge < -0.3 is 5.73 Å². The van der Waals surface area contributed by atoms with Crippen molar-refractivity contribution in [3.8, 4) is 5.69 Å². The lowest BCUT2D eigenvalue weighted by atomic mass is 10.3. The minimum Gasteiger partial charge on any atom is -0.397 e. The van der Waals surface area contributed by atoms with Crippen molar-refractivity contribution >= 4 is 21.6 Å². The third-order valence-corrected chi connectivity index (χ3v) is 2.57. The van der Waals surface area contributed by atoms with E-state index in [-0.39, 0.29) is 5.56 Å². The van der Waals surface area contributed by atoms with Gasteiger partial charge >= 0.3 is 0 Å². The molecule has 5 heteroatoms. The molecule has 1 heterocycles. The van der Waals surface area contributed by atoms with E-state index in [0.29, 0.717) is 11.4 Å². The molecule has 0 unspecified atom stereocenters. The number of nitrogens with two attached hydrogens (primary N) is 1. The van der Waals surface area contributed by atoms with Crippen LogP contribution < -0.4 is 11.3 Å². The fourth-order valence-electron chi connectivity index (χ4n) is 1.23. The van der Waals surface area contributed by atoms with Gasteiger partial charge in [0.25, 0.3) is 5.56 Å². The highest BCUT2D eigenvalue weighted by molar-refractivity contribution is 9.10. The molecule has 0 radical (unpaired) electrons. The van der Waals surface area contributed by atoms with Crippen LogP contribution in [-0.2, 0) is 0 Å². The van der Waals surface area contributed by atoms with Crippen molar-refractivity contribution in [2.75, 3.05) is 5.73 Å². The summed E-state index contributed by atoms with van der Waals surface area (Å²) in [5.74, 6) is 0. The normalized spacial score (nSPS) is 10.2. The predicted octanol–water partition coefficient (Wildman–Crippen LogP) is 1.58. The van der Waals surface area contributed by atoms with Gasteiger partial charge in [0.05, 0.1) is 17.6 Å². The molecule has 0 saturated carbocycles. The summed E-state index contributed by atoms with van der Waals surface area (Å²) in [7, 11) is 0. The van der Waals surface area contributed by atoms with Crippen molar-refractivity contribution in [1.29, 1.82) is 0 Å². The summed E-state index contributed by atoms with van der Waals surface area (Å²) in [4.78, 5) is 11.6. The Morgan fingerprint density at radius 2 is 2.07 bits per heavy atom. The molecule has 0 fully saturated rings. The molecule has 0 saturated heterocycles. The summed E-state index contributed by atoms with van der Waals surface area (Å²) in [5, 5.41) is 3.96. The molecule has 0 bridgehead atoms. The van der Waals surface area contributed by atoms with E-state index in [1.165, 1.54) is 16.9 Å². The highest BCUT2D eigenvalue weighted by Crippen LogP contribution is 2.17. The number of para-hydroxylation sites is 1. The maximum absolute atomic E-state index is 11.6. The SMILES string of the molecule is Nc1cnn(-c2ccccc2Br)c(=O)c1. The molecule has 15 heavy (non-hydrogen) atoms. The number of anilines is 1. The van der Waals surface area contributed by atoms with Crippen LogP contribution in [0.5, 0.6) is 0 Å². The van der Waals surface area contributed by atoms with Crippen LogP contribution in [0.1, 0.15) is 0 Å². The average molecular weight is 266 g/mol. The molecule has 0 atom stereocenters. The van der Waals surface area contributed by atoms with Gasteiger partial charge in [-0.3, -0.25) is 4.79 Å². The van der Waals surface area contributed by atoms with E-state index in [0.717, 1.165) is 4.47 Å². The molecule has 0 aliphatic heterocycles. The zero-order valence-corrected chi connectivity index (χ0v) is 9.31. The summed E-state index contributed by atoms with van der Waals surface area (Å²) in [6.07, 6.45) is 1.45. The number of rotatable bonds is 1. The molecule has 1 aromatic heterocycles. The molecule has 0 aliphatic rings. The van der Waals surface area contributed by atoms with Gasteiger partial charge in [0, 0.05) is 10.5 Å². The first-order chi connectivity index (χ1) is 7.18. The number of nitrogen functional groups attached to an aromatic ring is 1. The van der Waals surface area contributed by atoms with Crippen LogP contribution in [0.2, 0.25) is 0 Å². The molecule has 0 amide bonds. The summed E-state index contributed by atoms with van der Waals surface area (Å²) in [6, 6.07) is 8.70. The van der Waals surface area contributed by atoms with Crippen molar-refractivity contribution in [1.82, 2.24) is 9.78 Å². The molecule has 2 rings (SSSR count). The van der Waals surface area contributed by atoms with Crippen molar-refractivity contribution in [2.45, 2.75) is 0 Å². The Bertz CT molecular complexity index is 550. The molecular formula is C10H8BrN3O. The van der Waals surface area contributed by atoms with Gasteiger partial charge in [-0.1, -0.05) is 12.1 Å². The van der Waals surface area contributed by atoms with Gasteiger partial charge in [-0.25, -0.2) is 0 Å². The maximum atomic E-state index is 11.6. The highest BCUT2D eigenvalue weighted by atomic mass is 79.9. The average Bonchev–Trinajstić information content (AvgIpc) is 2.20. The smallest absolute Gasteiger partial charge is 0.273 e. The Hall–Kier alpha value is -1.62. The molecule has 0 spiro atoms. The predicted molar refractivity (Wildman–Crippen MR) is 61.9 cm³/mol. The zero-order valence-electron chi connectivity index (χ0n) is 7.72. The second-order valence-electron chi connectivity index (χ2n) is 2.99. The fourth-order valence-corrected chi connectivity index (χ4v) is 1.68. The van der Waals surface area contributed by atoms with Crippen LogP contribution >= 0.6 is 15.9 Å². The molecule has 2 aromatic rings. The first kappa shape index (κ1) is 9.92. The van der Waals surface area contributed by atoms with Crippen LogP contribution in [0, 0.1) is 0 Å². The van der Waals surface area contributed by atoms with Crippen molar-refractivity contribution in [2.24, 2.45) is 0 Å². The van der Waals surface area contributed by atoms with Gasteiger partial charge in [-0.15, -0.1) is 0 Å². The molecule has 2 N–H and O–H groups in total. The number of hydrogen-bond acceptors (Lipinski definition) is 3. The number of nitrogens with zero attached hydrogens (tertiary/aromatic N) is 2. The lowest BCUT2D eigenvalue weighted by molar-refractivity contribution is 0.806. The Labute approximate surface area is 94.5 Å². The number of hydrogen-bond donors (Lipinski definition) is 1. The largest absolute Gasteiger partial charge is 0.397 e. The Morgan fingerprint density at radius 1 is 1.33 bits per heavy atom. The minimum absolute atomic E-state index is 0.248. The lowest BCUT2D eigenvalue weighted by Crippen LogP contribution is -2.20. The zero-order chi connectivity index (χ0) is 10.8. The van der Waals surface area contributed by atoms with Gasteiger partial charge in [0.2, 0.25) is 0 Å². The molecule has 76 valence electrons. The van der Waals surface area contributed by atoms with Gasteiger partial charge in [0.15, 0.2) is 0 Å². The van der Waals surface area contributed by atoms with Crippen LogP contribution in [0.3, 0.4) is 0 Å². The van der Waals surface area contributed by atoms with Gasteiger partial charge in [-0.05, 0) is 28.1 Å². The quantitative estimate of drug-likeness (QED) is 0.852. The first-order valence-corrected chi connectivity index (χ1v) is 5.07. The number of benzene rings is 1. The van der Waals surface area contributed by atoms with Gasteiger partial charge in [-0.2, -0.15) is 9.78 Å². The second-order valence-corrected chi connectivity index (χ2v) is 3.84. The monoisotopic (exact) mass is 265 g/mol. The van der Waals surface area contributed by atoms with E-state index < -0.39 is 0 Å². The van der Waals surface area contributed by atoms with Gasteiger partial charge in [0.1, 0.15) is 0 Å². The van der Waals surface area contributed by atoms with Crippen LogP contribution in [0.4, 0.5) is 5.69 Å². The summed E-state index contributed by atoms with van der Waals surface area (Å²) >= 11 is 3.35. The summed E-state index contributed by atoms with van der Waals surface area (Å²) in [6.45, 7) is 0. The fraction of sp³-hybridized carbons (Fsp3) is 0. The van der Waals surface area contributed by atoms with E-state index in [1.807, 2.05) is 18.2 Å². The van der Waals surface area contributed by atoms with Crippen molar-refractivity contribution in [3.63, 3.8) is 0 Å². The van der Waals surface area contributed by atoms with E-state index in [1.54, 1.807) is 6.07 Å². The number of aromatic nitrogens is 2. The van der Waals surface area contributed by atoms with Crippen LogP contribution in [0.25, 0.3) is 5.69 Å². The molecular weight excluding hydrogens is 258 g/mol. The molecule has 4 nitrogen and oxygen atoms in total. The van der Waals surface area contributed by atoms with Crippen LogP contribution in [-0.4, -0.2) is 9.78 Å². The lowest BCUT2D eigenvalue weighted by Gasteiger charge is -2.05. The number of halogens is 1. The maximum Gasteiger partial charge on any atom is 0.273 e. The standard InChI is InChI=1S/C10H8BrN3O/c11-8-3-1-2-4-9(8)14-10(15)5-7(12)6-13-14/h1-6H,12H2. The highest BCUT2D eigenvalue weighted by Gasteiger charge is 2.04. The second kappa shape index (κ2) is 3.86.